The molecule has 3 aliphatic rings. The summed E-state index contributed by atoms with van der Waals surface area (Å²) >= 11 is 0. The fourth-order valence-electron chi connectivity index (χ4n) is 9.03. The molecule has 0 saturated carbocycles. The van der Waals surface area contributed by atoms with E-state index in [1.165, 1.54) is 0 Å². The zero-order valence-corrected chi connectivity index (χ0v) is 30.7. The molecule has 7 aromatic rings. The van der Waals surface area contributed by atoms with Crippen LogP contribution in [0.25, 0.3) is 22.3 Å². The molecule has 0 saturated heterocycles. The molecule has 1 aliphatic carbocycles. The summed E-state index contributed by atoms with van der Waals surface area (Å²) in [6, 6.07) is 60.1. The number of allylic oxidation sites excluding steroid dienone is 2. The molecule has 3 nitrogen and oxygen atoms in total. The molecule has 0 amide bonds. The third kappa shape index (κ3) is 4.85. The molecule has 260 valence electrons. The maximum Gasteiger partial charge on any atom is 0.171 e. The van der Waals surface area contributed by atoms with Crippen molar-refractivity contribution in [2.45, 2.75) is 17.9 Å². The van der Waals surface area contributed by atoms with E-state index in [0.29, 0.717) is 0 Å². The van der Waals surface area contributed by atoms with Gasteiger partial charge in [-0.05, 0) is 65.6 Å². The second kappa shape index (κ2) is 12.5. The third-order valence-corrected chi connectivity index (χ3v) is 14.5. The Bertz CT molecular complexity index is 2540. The van der Waals surface area contributed by atoms with E-state index in [9.17, 15) is 0 Å². The van der Waals surface area contributed by atoms with Crippen LogP contribution < -0.4 is 25.4 Å². The van der Waals surface area contributed by atoms with Crippen LogP contribution in [0, 0.1) is 5.92 Å². The minimum absolute atomic E-state index is 0.0866. The second-order valence-corrected chi connectivity index (χ2v) is 17.3. The SMILES string of the molecule is C[C@]12C=CC=CC1C1(c3ccccc3Oc3ccccc31)c1ccc(P(=O)(c3cccc(-c4ccccc4)c3)c3cccc(-c4ccccc4)c3)cc1O2. The zero-order valence-electron chi connectivity index (χ0n) is 29.8. The number of ether oxygens (including phenoxy) is 2. The molecule has 0 radical (unpaired) electrons. The normalized spacial score (nSPS) is 18.7. The Morgan fingerprint density at radius 1 is 0.481 bits per heavy atom. The molecule has 0 N–H and O–H groups in total. The van der Waals surface area contributed by atoms with Crippen LogP contribution in [0.3, 0.4) is 0 Å². The van der Waals surface area contributed by atoms with E-state index < -0.39 is 18.2 Å². The molecule has 10 rings (SSSR count). The van der Waals surface area contributed by atoms with E-state index in [1.807, 2.05) is 72.8 Å². The summed E-state index contributed by atoms with van der Waals surface area (Å²) in [6.45, 7) is 2.17. The van der Waals surface area contributed by atoms with Gasteiger partial charge in [-0.15, -0.1) is 0 Å². The highest BCUT2D eigenvalue weighted by Gasteiger charge is 2.59. The molecule has 0 aromatic heterocycles. The van der Waals surface area contributed by atoms with Crippen molar-refractivity contribution in [1.29, 1.82) is 0 Å². The smallest absolute Gasteiger partial charge is 0.171 e. The Kier molecular flexibility index (Phi) is 7.51. The van der Waals surface area contributed by atoms with Gasteiger partial charge < -0.3 is 14.0 Å². The van der Waals surface area contributed by atoms with E-state index in [-0.39, 0.29) is 5.92 Å². The van der Waals surface area contributed by atoms with Gasteiger partial charge in [0, 0.05) is 38.5 Å². The summed E-state index contributed by atoms with van der Waals surface area (Å²) in [5.41, 5.74) is 6.05. The molecule has 2 aliphatic heterocycles. The van der Waals surface area contributed by atoms with Gasteiger partial charge in [0.05, 0.1) is 5.41 Å². The van der Waals surface area contributed by atoms with Crippen LogP contribution in [-0.4, -0.2) is 5.60 Å². The number of hydrogen-bond donors (Lipinski definition) is 0. The topological polar surface area (TPSA) is 35.5 Å². The first-order valence-corrected chi connectivity index (χ1v) is 20.2. The van der Waals surface area contributed by atoms with Gasteiger partial charge in [-0.25, -0.2) is 0 Å². The molecular formula is C50H37O3P. The van der Waals surface area contributed by atoms with E-state index in [1.54, 1.807) is 0 Å². The van der Waals surface area contributed by atoms with Crippen molar-refractivity contribution in [3.63, 3.8) is 0 Å². The quantitative estimate of drug-likeness (QED) is 0.166. The number of para-hydroxylation sites is 2. The minimum atomic E-state index is -3.50. The lowest BCUT2D eigenvalue weighted by Crippen LogP contribution is -2.56. The number of rotatable bonds is 5. The first-order valence-electron chi connectivity index (χ1n) is 18.5. The average molecular weight is 717 g/mol. The van der Waals surface area contributed by atoms with Crippen molar-refractivity contribution in [2.24, 2.45) is 5.92 Å². The van der Waals surface area contributed by atoms with Crippen molar-refractivity contribution in [3.05, 3.63) is 217 Å². The molecule has 1 unspecified atom stereocenters. The standard InChI is InChI=1S/C50H37O3P/c1-49-31-13-12-28-48(49)50(42-24-8-10-26-45(42)52-46-27-11-9-25-43(46)50)44-30-29-41(34-47(44)53-49)54(51,39-22-14-20-37(32-39)35-16-4-2-5-17-35)40-23-15-21-38(33-40)36-18-6-3-7-19-36/h2-34,48H,1H3/t48?,49-/m0/s1. The van der Waals surface area contributed by atoms with Crippen LogP contribution in [0.4, 0.5) is 0 Å². The van der Waals surface area contributed by atoms with Crippen LogP contribution in [0.2, 0.25) is 0 Å². The predicted octanol–water partition coefficient (Wildman–Crippen LogP) is 11.0. The summed E-state index contributed by atoms with van der Waals surface area (Å²) in [6.07, 6.45) is 8.66. The van der Waals surface area contributed by atoms with Crippen LogP contribution in [0.1, 0.15) is 23.6 Å². The Morgan fingerprint density at radius 3 is 1.57 bits per heavy atom. The minimum Gasteiger partial charge on any atom is -0.482 e. The molecule has 0 fully saturated rings. The van der Waals surface area contributed by atoms with E-state index >= 15 is 4.57 Å². The van der Waals surface area contributed by atoms with Gasteiger partial charge in [0.2, 0.25) is 0 Å². The van der Waals surface area contributed by atoms with E-state index in [4.69, 9.17) is 9.47 Å². The van der Waals surface area contributed by atoms with Crippen molar-refractivity contribution in [1.82, 2.24) is 0 Å². The summed E-state index contributed by atoms with van der Waals surface area (Å²) in [5.74, 6) is 2.30. The first-order chi connectivity index (χ1) is 26.5. The Balaban J connectivity index is 1.24. The van der Waals surface area contributed by atoms with Crippen LogP contribution in [-0.2, 0) is 9.98 Å². The molecule has 1 spiro atoms. The predicted molar refractivity (Wildman–Crippen MR) is 220 cm³/mol. The van der Waals surface area contributed by atoms with Gasteiger partial charge >= 0.3 is 0 Å². The summed E-state index contributed by atoms with van der Waals surface area (Å²) in [4.78, 5) is 0. The maximum absolute atomic E-state index is 16.5. The lowest BCUT2D eigenvalue weighted by atomic mass is 9.54. The molecular weight excluding hydrogens is 680 g/mol. The van der Waals surface area contributed by atoms with E-state index in [0.717, 1.165) is 72.1 Å². The van der Waals surface area contributed by atoms with Crippen LogP contribution >= 0.6 is 7.14 Å². The van der Waals surface area contributed by atoms with Gasteiger partial charge in [-0.2, -0.15) is 0 Å². The molecule has 54 heavy (non-hydrogen) atoms. The van der Waals surface area contributed by atoms with Crippen molar-refractivity contribution >= 4 is 23.1 Å². The molecule has 0 bridgehead atoms. The maximum atomic E-state index is 16.5. The highest BCUT2D eigenvalue weighted by atomic mass is 31.2. The fraction of sp³-hybridized carbons (Fsp3) is 0.0800. The third-order valence-electron chi connectivity index (χ3n) is 11.5. The molecule has 2 atom stereocenters. The lowest BCUT2D eigenvalue weighted by molar-refractivity contribution is 0.0437. The van der Waals surface area contributed by atoms with Crippen molar-refractivity contribution in [3.8, 4) is 39.5 Å². The summed E-state index contributed by atoms with van der Waals surface area (Å²) < 4.78 is 30.3. The first kappa shape index (κ1) is 32.5. The summed E-state index contributed by atoms with van der Waals surface area (Å²) in [5, 5.41) is 2.26. The van der Waals surface area contributed by atoms with Crippen molar-refractivity contribution in [2.75, 3.05) is 0 Å². The number of hydrogen-bond acceptors (Lipinski definition) is 3. The lowest BCUT2D eigenvalue weighted by Gasteiger charge is -2.55. The largest absolute Gasteiger partial charge is 0.482 e. The van der Waals surface area contributed by atoms with Gasteiger partial charge in [0.15, 0.2) is 7.14 Å². The fourth-order valence-corrected chi connectivity index (χ4v) is 11.7. The number of benzene rings is 7. The zero-order chi connectivity index (χ0) is 36.3. The highest BCUT2D eigenvalue weighted by molar-refractivity contribution is 7.85. The Morgan fingerprint density at radius 2 is 0.981 bits per heavy atom. The van der Waals surface area contributed by atoms with Crippen LogP contribution in [0.5, 0.6) is 17.2 Å². The van der Waals surface area contributed by atoms with Gasteiger partial charge in [-0.3, -0.25) is 0 Å². The van der Waals surface area contributed by atoms with E-state index in [2.05, 4.69) is 134 Å². The second-order valence-electron chi connectivity index (χ2n) is 14.5. The number of fused-ring (bicyclic) bond motifs is 8. The monoisotopic (exact) mass is 716 g/mol. The van der Waals surface area contributed by atoms with Gasteiger partial charge in [-0.1, -0.05) is 164 Å². The summed E-state index contributed by atoms with van der Waals surface area (Å²) in [7, 11) is -3.50. The molecule has 7 aromatic carbocycles. The molecule has 2 heterocycles. The van der Waals surface area contributed by atoms with Gasteiger partial charge in [0.25, 0.3) is 0 Å². The van der Waals surface area contributed by atoms with Gasteiger partial charge in [0.1, 0.15) is 22.8 Å². The molecule has 4 heteroatoms. The van der Waals surface area contributed by atoms with Crippen molar-refractivity contribution < 1.29 is 14.0 Å². The highest BCUT2D eigenvalue weighted by Crippen LogP contribution is 2.63. The Hall–Kier alpha value is -6.15. The average Bonchev–Trinajstić information content (AvgIpc) is 3.23. The van der Waals surface area contributed by atoms with Crippen LogP contribution in [0.15, 0.2) is 200 Å². The Labute approximate surface area is 316 Å².